The smallest absolute Gasteiger partial charge is 0.416 e. The van der Waals surface area contributed by atoms with Crippen LogP contribution in [0.4, 0.5) is 13.2 Å². The number of fused-ring (bicyclic) bond motifs is 2. The second-order valence-corrected chi connectivity index (χ2v) is 7.65. The van der Waals surface area contributed by atoms with Gasteiger partial charge in [0.05, 0.1) is 18.4 Å². The van der Waals surface area contributed by atoms with E-state index in [2.05, 4.69) is 9.97 Å². The molecule has 0 bridgehead atoms. The van der Waals surface area contributed by atoms with E-state index < -0.39 is 11.7 Å². The maximum absolute atomic E-state index is 13.4. The van der Waals surface area contributed by atoms with Gasteiger partial charge in [-0.15, -0.1) is 0 Å². The highest BCUT2D eigenvalue weighted by atomic mass is 19.4. The summed E-state index contributed by atoms with van der Waals surface area (Å²) in [6.45, 7) is 2.45. The number of nitrogens with two attached hydrogens (primary N) is 1. The fourth-order valence-corrected chi connectivity index (χ4v) is 4.03. The lowest BCUT2D eigenvalue weighted by molar-refractivity contribution is -0.137. The van der Waals surface area contributed by atoms with Crippen LogP contribution in [0.25, 0.3) is 33.1 Å². The summed E-state index contributed by atoms with van der Waals surface area (Å²) in [5.74, 6) is 0.655. The van der Waals surface area contributed by atoms with Crippen LogP contribution in [0.3, 0.4) is 0 Å². The molecule has 0 aliphatic heterocycles. The second-order valence-electron chi connectivity index (χ2n) is 7.65. The summed E-state index contributed by atoms with van der Waals surface area (Å²) in [4.78, 5) is 8.00. The van der Waals surface area contributed by atoms with Gasteiger partial charge < -0.3 is 15.5 Å². The molecule has 0 unspecified atom stereocenters. The van der Waals surface area contributed by atoms with Gasteiger partial charge in [-0.1, -0.05) is 6.07 Å². The molecule has 0 radical (unpaired) electrons. The number of ether oxygens (including phenoxy) is 1. The van der Waals surface area contributed by atoms with Crippen molar-refractivity contribution in [2.24, 2.45) is 5.73 Å². The predicted molar refractivity (Wildman–Crippen MR) is 117 cm³/mol. The van der Waals surface area contributed by atoms with Gasteiger partial charge in [-0.2, -0.15) is 13.2 Å². The number of aryl methyl sites for hydroxylation is 2. The zero-order valence-corrected chi connectivity index (χ0v) is 17.4. The molecule has 0 spiro atoms. The molecule has 2 heterocycles. The van der Waals surface area contributed by atoms with Gasteiger partial charge in [0.15, 0.2) is 0 Å². The minimum Gasteiger partial charge on any atom is -0.494 e. The van der Waals surface area contributed by atoms with E-state index in [-0.39, 0.29) is 0 Å². The van der Waals surface area contributed by atoms with Crippen molar-refractivity contribution in [2.45, 2.75) is 32.4 Å². The van der Waals surface area contributed by atoms with Gasteiger partial charge in [0, 0.05) is 27.5 Å². The number of rotatable bonds is 6. The van der Waals surface area contributed by atoms with Crippen LogP contribution >= 0.6 is 0 Å². The van der Waals surface area contributed by atoms with Crippen molar-refractivity contribution in [3.8, 4) is 17.0 Å². The second kappa shape index (κ2) is 8.23. The van der Waals surface area contributed by atoms with Crippen molar-refractivity contribution in [3.05, 3.63) is 59.3 Å². The molecule has 0 atom stereocenters. The van der Waals surface area contributed by atoms with Crippen LogP contribution in [0.1, 0.15) is 29.7 Å². The van der Waals surface area contributed by atoms with E-state index >= 15 is 0 Å². The number of alkyl halides is 3. The monoisotopic (exact) mass is 427 g/mol. The molecular formula is C24H24F3N3O. The number of unbranched alkanes of at least 4 members (excludes halogenated alkanes) is 1. The fourth-order valence-electron chi connectivity index (χ4n) is 4.03. The predicted octanol–water partition coefficient (Wildman–Crippen LogP) is 6.00. The summed E-state index contributed by atoms with van der Waals surface area (Å²) in [5.41, 5.74) is 9.82. The van der Waals surface area contributed by atoms with E-state index in [1.165, 1.54) is 12.1 Å². The zero-order chi connectivity index (χ0) is 22.2. The number of methoxy groups -OCH3 is 1. The molecular weight excluding hydrogens is 403 g/mol. The first kappa shape index (κ1) is 21.2. The van der Waals surface area contributed by atoms with E-state index in [0.717, 1.165) is 52.3 Å². The molecule has 0 aliphatic rings. The maximum Gasteiger partial charge on any atom is 0.416 e. The molecule has 31 heavy (non-hydrogen) atoms. The van der Waals surface area contributed by atoms with Crippen LogP contribution in [0.5, 0.6) is 5.75 Å². The molecule has 4 nitrogen and oxygen atoms in total. The Kier molecular flexibility index (Phi) is 5.62. The number of H-pyrrole nitrogens is 1. The van der Waals surface area contributed by atoms with Gasteiger partial charge in [0.25, 0.3) is 0 Å². The van der Waals surface area contributed by atoms with Gasteiger partial charge in [0.2, 0.25) is 0 Å². The Hall–Kier alpha value is -3.06. The van der Waals surface area contributed by atoms with Crippen LogP contribution in [-0.2, 0) is 12.6 Å². The first-order valence-corrected chi connectivity index (χ1v) is 10.2. The molecule has 0 aliphatic carbocycles. The molecule has 162 valence electrons. The molecule has 4 rings (SSSR count). The molecule has 7 heteroatoms. The zero-order valence-electron chi connectivity index (χ0n) is 17.4. The fraction of sp³-hybridized carbons (Fsp3) is 0.292. The van der Waals surface area contributed by atoms with Gasteiger partial charge in [-0.05, 0) is 74.7 Å². The first-order valence-electron chi connectivity index (χ1n) is 10.2. The summed E-state index contributed by atoms with van der Waals surface area (Å²) in [6, 6.07) is 11.5. The minimum atomic E-state index is -4.39. The lowest BCUT2D eigenvalue weighted by atomic mass is 9.96. The number of aromatic nitrogens is 2. The summed E-state index contributed by atoms with van der Waals surface area (Å²) in [6.07, 6.45) is -2.18. The normalized spacial score (nSPS) is 12.1. The number of halogens is 3. The summed E-state index contributed by atoms with van der Waals surface area (Å²) in [7, 11) is 1.60. The highest BCUT2D eigenvalue weighted by Gasteiger charge is 2.31. The Balaban J connectivity index is 1.97. The van der Waals surface area contributed by atoms with Crippen molar-refractivity contribution in [1.82, 2.24) is 9.97 Å². The molecule has 2 aromatic carbocycles. The van der Waals surface area contributed by atoms with E-state index in [9.17, 15) is 13.2 Å². The highest BCUT2D eigenvalue weighted by Crippen LogP contribution is 2.40. The van der Waals surface area contributed by atoms with Crippen molar-refractivity contribution in [2.75, 3.05) is 13.7 Å². The number of nitrogens with one attached hydrogen (secondary N) is 1. The SMILES string of the molecule is COc1ccc(-c2[nH]c3ccc(C(F)(F)F)cc3c2CCCCN)c2ccc(C)nc12. The van der Waals surface area contributed by atoms with E-state index in [1.54, 1.807) is 7.11 Å². The quantitative estimate of drug-likeness (QED) is 0.371. The van der Waals surface area contributed by atoms with Crippen molar-refractivity contribution in [3.63, 3.8) is 0 Å². The summed E-state index contributed by atoms with van der Waals surface area (Å²) < 4.78 is 45.6. The Morgan fingerprint density at radius 1 is 1.03 bits per heavy atom. The first-order chi connectivity index (χ1) is 14.8. The van der Waals surface area contributed by atoms with Gasteiger partial charge >= 0.3 is 6.18 Å². The van der Waals surface area contributed by atoms with Crippen LogP contribution in [0.2, 0.25) is 0 Å². The van der Waals surface area contributed by atoms with E-state index in [1.807, 2.05) is 31.2 Å². The third kappa shape index (κ3) is 3.97. The maximum atomic E-state index is 13.4. The molecule has 4 aromatic rings. The van der Waals surface area contributed by atoms with Crippen LogP contribution in [-0.4, -0.2) is 23.6 Å². The van der Waals surface area contributed by atoms with Crippen LogP contribution < -0.4 is 10.5 Å². The number of benzene rings is 2. The lowest BCUT2D eigenvalue weighted by Gasteiger charge is -2.12. The average Bonchev–Trinajstić information content (AvgIpc) is 3.10. The highest BCUT2D eigenvalue weighted by molar-refractivity contribution is 6.01. The molecule has 3 N–H and O–H groups in total. The van der Waals surface area contributed by atoms with Crippen molar-refractivity contribution < 1.29 is 17.9 Å². The molecule has 2 aromatic heterocycles. The van der Waals surface area contributed by atoms with E-state index in [4.69, 9.17) is 10.5 Å². The Bertz CT molecular complexity index is 1240. The number of pyridine rings is 1. The van der Waals surface area contributed by atoms with Gasteiger partial charge in [-0.3, -0.25) is 0 Å². The van der Waals surface area contributed by atoms with Gasteiger partial charge in [0.1, 0.15) is 11.3 Å². The van der Waals surface area contributed by atoms with Crippen LogP contribution in [0.15, 0.2) is 42.5 Å². The topological polar surface area (TPSA) is 63.9 Å². The molecule has 0 amide bonds. The minimum absolute atomic E-state index is 0.542. The summed E-state index contributed by atoms with van der Waals surface area (Å²) >= 11 is 0. The van der Waals surface area contributed by atoms with Crippen molar-refractivity contribution >= 4 is 21.8 Å². The molecule has 0 fully saturated rings. The standard InChI is InChI=1S/C24H24F3N3O/c1-14-6-8-18-17(9-11-21(31-2)23(18)29-14)22-16(5-3-4-12-28)19-13-15(24(25,26)27)7-10-20(19)30-22/h6-11,13,30H,3-5,12,28H2,1-2H3. The Morgan fingerprint density at radius 2 is 1.84 bits per heavy atom. The largest absolute Gasteiger partial charge is 0.494 e. The van der Waals surface area contributed by atoms with Crippen LogP contribution in [0, 0.1) is 6.92 Å². The number of hydrogen-bond donors (Lipinski definition) is 2. The third-order valence-corrected chi connectivity index (χ3v) is 5.56. The molecule has 0 saturated heterocycles. The number of hydrogen-bond acceptors (Lipinski definition) is 3. The Labute approximate surface area is 178 Å². The van der Waals surface area contributed by atoms with Gasteiger partial charge in [-0.25, -0.2) is 4.98 Å². The number of aromatic amines is 1. The number of nitrogens with zero attached hydrogens (tertiary/aromatic N) is 1. The van der Waals surface area contributed by atoms with E-state index in [0.29, 0.717) is 29.6 Å². The average molecular weight is 427 g/mol. The Morgan fingerprint density at radius 3 is 2.55 bits per heavy atom. The summed E-state index contributed by atoms with van der Waals surface area (Å²) in [5, 5.41) is 1.47. The van der Waals surface area contributed by atoms with Crippen molar-refractivity contribution in [1.29, 1.82) is 0 Å². The lowest BCUT2D eigenvalue weighted by Crippen LogP contribution is -2.04. The molecule has 0 saturated carbocycles. The third-order valence-electron chi connectivity index (χ3n) is 5.56.